The third-order valence-electron chi connectivity index (χ3n) is 4.68. The van der Waals surface area contributed by atoms with Crippen LogP contribution in [0.15, 0.2) is 6.33 Å². The van der Waals surface area contributed by atoms with E-state index in [1.807, 2.05) is 11.6 Å². The Labute approximate surface area is 139 Å². The molecule has 1 saturated heterocycles. The van der Waals surface area contributed by atoms with Crippen molar-refractivity contribution < 1.29 is 4.79 Å². The van der Waals surface area contributed by atoms with Gasteiger partial charge >= 0.3 is 0 Å². The summed E-state index contributed by atoms with van der Waals surface area (Å²) in [5.74, 6) is 0.989. The summed E-state index contributed by atoms with van der Waals surface area (Å²) in [6, 6.07) is 0.871. The molecule has 0 spiro atoms. The minimum Gasteiger partial charge on any atom is -0.338 e. The zero-order valence-corrected chi connectivity index (χ0v) is 15.1. The molecule has 130 valence electrons. The van der Waals surface area contributed by atoms with E-state index in [1.54, 1.807) is 11.2 Å². The molecule has 0 bridgehead atoms. The van der Waals surface area contributed by atoms with Gasteiger partial charge in [0.2, 0.25) is 5.91 Å². The van der Waals surface area contributed by atoms with Crippen LogP contribution < -0.4 is 0 Å². The second kappa shape index (κ2) is 7.88. The van der Waals surface area contributed by atoms with E-state index in [1.165, 1.54) is 6.42 Å². The molecule has 0 aromatic carbocycles. The van der Waals surface area contributed by atoms with E-state index in [-0.39, 0.29) is 5.91 Å². The number of rotatable bonds is 7. The normalized spacial score (nSPS) is 19.0. The Morgan fingerprint density at radius 2 is 2.17 bits per heavy atom. The zero-order chi connectivity index (χ0) is 17.0. The largest absolute Gasteiger partial charge is 0.338 e. The summed E-state index contributed by atoms with van der Waals surface area (Å²) in [6.45, 7) is 7.72. The Hall–Kier alpha value is -1.47. The average Bonchev–Trinajstić information content (AvgIpc) is 3.13. The van der Waals surface area contributed by atoms with Gasteiger partial charge in [-0.1, -0.05) is 0 Å². The monoisotopic (exact) mass is 322 g/mol. The van der Waals surface area contributed by atoms with Gasteiger partial charge in [-0.2, -0.15) is 0 Å². The molecule has 1 aliphatic heterocycles. The number of amides is 1. The van der Waals surface area contributed by atoms with Gasteiger partial charge in [0.25, 0.3) is 0 Å². The van der Waals surface area contributed by atoms with Crippen molar-refractivity contribution in [1.29, 1.82) is 0 Å². The maximum atomic E-state index is 12.4. The second-order valence-corrected chi connectivity index (χ2v) is 6.93. The first-order chi connectivity index (χ1) is 10.9. The minimum absolute atomic E-state index is 0.154. The van der Waals surface area contributed by atoms with Crippen LogP contribution in [0.5, 0.6) is 0 Å². The summed E-state index contributed by atoms with van der Waals surface area (Å²) < 4.78 is 2.00. The van der Waals surface area contributed by atoms with Crippen molar-refractivity contribution >= 4 is 5.91 Å². The van der Waals surface area contributed by atoms with Crippen molar-refractivity contribution in [1.82, 2.24) is 29.5 Å². The van der Waals surface area contributed by atoms with Gasteiger partial charge in [0.1, 0.15) is 6.33 Å². The minimum atomic E-state index is 0.154. The third kappa shape index (κ3) is 4.75. The third-order valence-corrected chi connectivity index (χ3v) is 4.68. The number of hydrogen-bond acceptors (Lipinski definition) is 5. The number of hydrogen-bond donors (Lipinski definition) is 0. The fraction of sp³-hybridized carbons (Fsp3) is 0.812. The molecule has 0 saturated carbocycles. The molecular weight excluding hydrogens is 292 g/mol. The molecule has 7 heteroatoms. The first-order valence-electron chi connectivity index (χ1n) is 8.39. The Bertz CT molecular complexity index is 514. The standard InChI is InChI=1S/C16H30N6O/c1-13(2)22-12-17-18-15(22)11-21(5)16(23)7-9-20(4)14-6-8-19(3)10-14/h12-14H,6-11H2,1-5H3/t14-/m0/s1. The number of likely N-dealkylation sites (N-methyl/N-ethyl adjacent to an activating group) is 2. The van der Waals surface area contributed by atoms with E-state index >= 15 is 0 Å². The van der Waals surface area contributed by atoms with E-state index in [0.29, 0.717) is 25.0 Å². The predicted octanol–water partition coefficient (Wildman–Crippen LogP) is 0.843. The van der Waals surface area contributed by atoms with Crippen LogP contribution in [0.3, 0.4) is 0 Å². The lowest BCUT2D eigenvalue weighted by Crippen LogP contribution is -2.37. The van der Waals surface area contributed by atoms with E-state index in [2.05, 4.69) is 47.9 Å². The van der Waals surface area contributed by atoms with Crippen molar-refractivity contribution in [3.8, 4) is 0 Å². The second-order valence-electron chi connectivity index (χ2n) is 6.93. The number of aromatic nitrogens is 3. The van der Waals surface area contributed by atoms with Gasteiger partial charge < -0.3 is 19.3 Å². The number of carbonyl (C=O) groups excluding carboxylic acids is 1. The quantitative estimate of drug-likeness (QED) is 0.745. The maximum Gasteiger partial charge on any atom is 0.224 e. The molecule has 1 aromatic heterocycles. The predicted molar refractivity (Wildman–Crippen MR) is 90.0 cm³/mol. The summed E-state index contributed by atoms with van der Waals surface area (Å²) in [7, 11) is 6.11. The highest BCUT2D eigenvalue weighted by Crippen LogP contribution is 2.13. The summed E-state index contributed by atoms with van der Waals surface area (Å²) >= 11 is 0. The van der Waals surface area contributed by atoms with Gasteiger partial charge in [0.15, 0.2) is 5.82 Å². The lowest BCUT2D eigenvalue weighted by atomic mass is 10.2. The number of nitrogens with zero attached hydrogens (tertiary/aromatic N) is 6. The molecule has 0 radical (unpaired) electrons. The highest BCUT2D eigenvalue weighted by molar-refractivity contribution is 5.75. The molecule has 1 aliphatic rings. The molecule has 2 heterocycles. The van der Waals surface area contributed by atoms with Gasteiger partial charge in [-0.3, -0.25) is 4.79 Å². The van der Waals surface area contributed by atoms with Crippen molar-refractivity contribution in [2.75, 3.05) is 40.8 Å². The highest BCUT2D eigenvalue weighted by atomic mass is 16.2. The summed E-state index contributed by atoms with van der Waals surface area (Å²) in [4.78, 5) is 18.8. The summed E-state index contributed by atoms with van der Waals surface area (Å²) in [5.41, 5.74) is 0. The Balaban J connectivity index is 1.79. The van der Waals surface area contributed by atoms with Crippen molar-refractivity contribution in [3.05, 3.63) is 12.2 Å². The lowest BCUT2D eigenvalue weighted by molar-refractivity contribution is -0.130. The number of likely N-dealkylation sites (tertiary alicyclic amines) is 1. The van der Waals surface area contributed by atoms with Crippen molar-refractivity contribution in [3.63, 3.8) is 0 Å². The van der Waals surface area contributed by atoms with Crippen molar-refractivity contribution in [2.24, 2.45) is 0 Å². The molecule has 1 aromatic rings. The Morgan fingerprint density at radius 3 is 2.78 bits per heavy atom. The molecular formula is C16H30N6O. The number of carbonyl (C=O) groups is 1. The topological polar surface area (TPSA) is 57.5 Å². The first-order valence-corrected chi connectivity index (χ1v) is 8.39. The molecule has 1 atom stereocenters. The van der Waals surface area contributed by atoms with Gasteiger partial charge in [-0.15, -0.1) is 10.2 Å². The maximum absolute atomic E-state index is 12.4. The van der Waals surface area contributed by atoms with Crippen LogP contribution in [-0.4, -0.2) is 82.2 Å². The van der Waals surface area contributed by atoms with Gasteiger partial charge in [-0.05, 0) is 40.9 Å². The highest BCUT2D eigenvalue weighted by Gasteiger charge is 2.24. The molecule has 0 unspecified atom stereocenters. The smallest absolute Gasteiger partial charge is 0.224 e. The van der Waals surface area contributed by atoms with Crippen LogP contribution >= 0.6 is 0 Å². The van der Waals surface area contributed by atoms with Gasteiger partial charge in [0, 0.05) is 38.6 Å². The van der Waals surface area contributed by atoms with E-state index in [4.69, 9.17) is 0 Å². The van der Waals surface area contributed by atoms with E-state index in [9.17, 15) is 4.79 Å². The Kier molecular flexibility index (Phi) is 6.12. The SMILES string of the molecule is CC(C)n1cnnc1CN(C)C(=O)CCN(C)[C@H]1CCN(C)C1. The van der Waals surface area contributed by atoms with Crippen LogP contribution in [0.1, 0.15) is 38.6 Å². The average molecular weight is 322 g/mol. The lowest BCUT2D eigenvalue weighted by Gasteiger charge is -2.25. The summed E-state index contributed by atoms with van der Waals surface area (Å²) in [5, 5.41) is 8.08. The van der Waals surface area contributed by atoms with E-state index in [0.717, 1.165) is 25.5 Å². The fourth-order valence-electron chi connectivity index (χ4n) is 3.03. The molecule has 7 nitrogen and oxygen atoms in total. The zero-order valence-electron chi connectivity index (χ0n) is 15.1. The molecule has 1 amide bonds. The van der Waals surface area contributed by atoms with Gasteiger partial charge in [0.05, 0.1) is 6.54 Å². The van der Waals surface area contributed by atoms with Crippen LogP contribution in [0.2, 0.25) is 0 Å². The van der Waals surface area contributed by atoms with E-state index < -0.39 is 0 Å². The van der Waals surface area contributed by atoms with Crippen LogP contribution in [0.4, 0.5) is 0 Å². The van der Waals surface area contributed by atoms with Gasteiger partial charge in [-0.25, -0.2) is 0 Å². The molecule has 2 rings (SSSR count). The first kappa shape index (κ1) is 17.9. The molecule has 23 heavy (non-hydrogen) atoms. The molecule has 0 aliphatic carbocycles. The van der Waals surface area contributed by atoms with Crippen LogP contribution in [0.25, 0.3) is 0 Å². The van der Waals surface area contributed by atoms with Crippen LogP contribution in [-0.2, 0) is 11.3 Å². The van der Waals surface area contributed by atoms with Crippen LogP contribution in [0, 0.1) is 0 Å². The molecule has 0 N–H and O–H groups in total. The van der Waals surface area contributed by atoms with Crippen molar-refractivity contribution in [2.45, 2.75) is 45.3 Å². The molecule has 1 fully saturated rings. The Morgan fingerprint density at radius 1 is 1.43 bits per heavy atom. The fourth-order valence-corrected chi connectivity index (χ4v) is 3.03. The summed E-state index contributed by atoms with van der Waals surface area (Å²) in [6.07, 6.45) is 3.46.